The molecule has 0 bridgehead atoms. The van der Waals surface area contributed by atoms with Gasteiger partial charge in [0.1, 0.15) is 5.82 Å². The van der Waals surface area contributed by atoms with Gasteiger partial charge in [-0.3, -0.25) is 18.7 Å². The van der Waals surface area contributed by atoms with Gasteiger partial charge < -0.3 is 5.32 Å². The molecule has 0 saturated heterocycles. The van der Waals surface area contributed by atoms with Crippen molar-refractivity contribution in [1.82, 2.24) is 14.5 Å². The van der Waals surface area contributed by atoms with Crippen LogP contribution >= 0.6 is 11.6 Å². The van der Waals surface area contributed by atoms with Crippen molar-refractivity contribution in [3.05, 3.63) is 79.7 Å². The van der Waals surface area contributed by atoms with Crippen LogP contribution in [0.2, 0.25) is 5.02 Å². The van der Waals surface area contributed by atoms with Crippen LogP contribution in [-0.2, 0) is 17.9 Å². The second kappa shape index (κ2) is 10.3. The molecule has 1 amide bonds. The lowest BCUT2D eigenvalue weighted by Crippen LogP contribution is -2.40. The van der Waals surface area contributed by atoms with Gasteiger partial charge in [0.2, 0.25) is 5.91 Å². The summed E-state index contributed by atoms with van der Waals surface area (Å²) in [6.45, 7) is 0.0964. The fourth-order valence-corrected chi connectivity index (χ4v) is 4.71. The Morgan fingerprint density at radius 2 is 1.79 bits per heavy atom. The Bertz CT molecular complexity index is 1260. The zero-order chi connectivity index (χ0) is 23.4. The summed E-state index contributed by atoms with van der Waals surface area (Å²) < 4.78 is 17.0. The molecule has 1 aliphatic carbocycles. The van der Waals surface area contributed by atoms with Crippen molar-refractivity contribution >= 4 is 28.4 Å². The van der Waals surface area contributed by atoms with Gasteiger partial charge >= 0.3 is 5.69 Å². The number of hydrogen-bond acceptors (Lipinski definition) is 3. The van der Waals surface area contributed by atoms with Gasteiger partial charge in [0.15, 0.2) is 0 Å². The number of aromatic nitrogens is 2. The summed E-state index contributed by atoms with van der Waals surface area (Å²) in [5, 5.41) is 3.65. The van der Waals surface area contributed by atoms with E-state index in [0.717, 1.165) is 25.7 Å². The highest BCUT2D eigenvalue weighted by atomic mass is 35.5. The number of halogens is 2. The number of unbranched alkanes of at least 4 members (excludes halogenated alkanes) is 1. The van der Waals surface area contributed by atoms with Gasteiger partial charge in [0, 0.05) is 29.6 Å². The number of nitrogens with one attached hydrogen (secondary N) is 1. The van der Waals surface area contributed by atoms with Crippen molar-refractivity contribution in [3.63, 3.8) is 0 Å². The third kappa shape index (κ3) is 5.19. The molecule has 0 radical (unpaired) electrons. The summed E-state index contributed by atoms with van der Waals surface area (Å²) in [4.78, 5) is 38.4. The van der Waals surface area contributed by atoms with Crippen LogP contribution in [0, 0.1) is 5.82 Å². The molecule has 2 aromatic carbocycles. The SMILES string of the molecule is O=C(CCCCn1c(=O)c2ccccc2n(Cc2c(F)cccc2Cl)c1=O)NC1CCCC1. The van der Waals surface area contributed by atoms with E-state index in [-0.39, 0.29) is 41.2 Å². The number of carbonyl (C=O) groups excluding carboxylic acids is 1. The molecule has 33 heavy (non-hydrogen) atoms. The molecule has 4 rings (SSSR count). The summed E-state index contributed by atoms with van der Waals surface area (Å²) in [7, 11) is 0. The van der Waals surface area contributed by atoms with E-state index < -0.39 is 11.5 Å². The average molecular weight is 472 g/mol. The first-order valence-electron chi connectivity index (χ1n) is 11.4. The number of benzene rings is 2. The number of nitrogens with zero attached hydrogens (tertiary/aromatic N) is 2. The van der Waals surface area contributed by atoms with Gasteiger partial charge in [-0.25, -0.2) is 9.18 Å². The standard InChI is InChI=1S/C25H27ClFN3O3/c26-20-11-7-12-21(27)19(20)16-30-22-13-4-3-10-18(22)24(32)29(25(30)33)15-6-5-14-23(31)28-17-8-1-2-9-17/h3-4,7,10-13,17H,1-2,5-6,8-9,14-16H2,(H,28,31). The minimum absolute atomic E-state index is 0.0133. The molecule has 1 fully saturated rings. The molecule has 174 valence electrons. The Labute approximate surface area is 196 Å². The molecule has 0 atom stereocenters. The van der Waals surface area contributed by atoms with Crippen LogP contribution in [0.15, 0.2) is 52.1 Å². The quantitative estimate of drug-likeness (QED) is 0.499. The second-order valence-electron chi connectivity index (χ2n) is 8.55. The first kappa shape index (κ1) is 23.2. The molecule has 0 unspecified atom stereocenters. The first-order chi connectivity index (χ1) is 16.0. The van der Waals surface area contributed by atoms with Gasteiger partial charge in [-0.15, -0.1) is 0 Å². The Balaban J connectivity index is 1.55. The fraction of sp³-hybridized carbons (Fsp3) is 0.400. The van der Waals surface area contributed by atoms with E-state index in [2.05, 4.69) is 5.32 Å². The maximum Gasteiger partial charge on any atom is 0.331 e. The van der Waals surface area contributed by atoms with Crippen LogP contribution in [0.5, 0.6) is 0 Å². The molecule has 1 aromatic heterocycles. The predicted octanol–water partition coefficient (Wildman–Crippen LogP) is 4.23. The van der Waals surface area contributed by atoms with E-state index in [1.54, 1.807) is 30.3 Å². The molecule has 8 heteroatoms. The summed E-state index contributed by atoms with van der Waals surface area (Å²) in [5.41, 5.74) is -0.283. The van der Waals surface area contributed by atoms with E-state index in [9.17, 15) is 18.8 Å². The zero-order valence-corrected chi connectivity index (χ0v) is 19.1. The van der Waals surface area contributed by atoms with Gasteiger partial charge in [-0.2, -0.15) is 0 Å². The first-order valence-corrected chi connectivity index (χ1v) is 11.8. The number of fused-ring (bicyclic) bond motifs is 1. The maximum absolute atomic E-state index is 14.4. The number of hydrogen-bond donors (Lipinski definition) is 1. The Morgan fingerprint density at radius 3 is 2.55 bits per heavy atom. The molecule has 1 aliphatic rings. The topological polar surface area (TPSA) is 73.1 Å². The van der Waals surface area contributed by atoms with Gasteiger partial charge in [0.25, 0.3) is 5.56 Å². The van der Waals surface area contributed by atoms with Crippen molar-refractivity contribution < 1.29 is 9.18 Å². The minimum atomic E-state index is -0.520. The zero-order valence-electron chi connectivity index (χ0n) is 18.4. The van der Waals surface area contributed by atoms with Crippen LogP contribution < -0.4 is 16.6 Å². The number of rotatable bonds is 8. The smallest absolute Gasteiger partial charge is 0.331 e. The van der Waals surface area contributed by atoms with E-state index in [0.29, 0.717) is 30.2 Å². The maximum atomic E-state index is 14.4. The third-order valence-corrected chi connectivity index (χ3v) is 6.62. The predicted molar refractivity (Wildman–Crippen MR) is 127 cm³/mol. The lowest BCUT2D eigenvalue weighted by Gasteiger charge is -2.15. The van der Waals surface area contributed by atoms with Crippen molar-refractivity contribution in [3.8, 4) is 0 Å². The fourth-order valence-electron chi connectivity index (χ4n) is 4.49. The van der Waals surface area contributed by atoms with E-state index in [1.807, 2.05) is 0 Å². The van der Waals surface area contributed by atoms with Crippen molar-refractivity contribution in [1.29, 1.82) is 0 Å². The molecule has 1 saturated carbocycles. The van der Waals surface area contributed by atoms with Gasteiger partial charge in [-0.05, 0) is 49.9 Å². The molecule has 1 N–H and O–H groups in total. The molecule has 3 aromatic rings. The molecule has 0 aliphatic heterocycles. The minimum Gasteiger partial charge on any atom is -0.353 e. The average Bonchev–Trinajstić information content (AvgIpc) is 3.30. The largest absolute Gasteiger partial charge is 0.353 e. The molecule has 0 spiro atoms. The van der Waals surface area contributed by atoms with Crippen molar-refractivity contribution in [2.45, 2.75) is 64.1 Å². The Morgan fingerprint density at radius 1 is 1.03 bits per heavy atom. The lowest BCUT2D eigenvalue weighted by molar-refractivity contribution is -0.121. The highest BCUT2D eigenvalue weighted by molar-refractivity contribution is 6.31. The molecular weight excluding hydrogens is 445 g/mol. The summed E-state index contributed by atoms with van der Waals surface area (Å²) in [6, 6.07) is 11.4. The lowest BCUT2D eigenvalue weighted by atomic mass is 10.1. The van der Waals surface area contributed by atoms with E-state index >= 15 is 0 Å². The van der Waals surface area contributed by atoms with E-state index in [1.165, 1.54) is 21.3 Å². The number of para-hydroxylation sites is 1. The second-order valence-corrected chi connectivity index (χ2v) is 8.96. The summed E-state index contributed by atoms with van der Waals surface area (Å²) in [6.07, 6.45) is 5.80. The molecule has 6 nitrogen and oxygen atoms in total. The van der Waals surface area contributed by atoms with Crippen LogP contribution in [0.1, 0.15) is 50.5 Å². The van der Waals surface area contributed by atoms with Crippen LogP contribution in [-0.4, -0.2) is 21.1 Å². The summed E-state index contributed by atoms with van der Waals surface area (Å²) in [5.74, 6) is -0.496. The number of carbonyl (C=O) groups is 1. The van der Waals surface area contributed by atoms with Crippen LogP contribution in [0.3, 0.4) is 0 Å². The number of amides is 1. The molecule has 1 heterocycles. The Kier molecular flexibility index (Phi) is 7.28. The highest BCUT2D eigenvalue weighted by Gasteiger charge is 2.18. The summed E-state index contributed by atoms with van der Waals surface area (Å²) >= 11 is 6.19. The van der Waals surface area contributed by atoms with Crippen molar-refractivity contribution in [2.24, 2.45) is 0 Å². The Hall–Kier alpha value is -2.93. The van der Waals surface area contributed by atoms with Gasteiger partial charge in [-0.1, -0.05) is 42.6 Å². The third-order valence-electron chi connectivity index (χ3n) is 6.27. The van der Waals surface area contributed by atoms with Gasteiger partial charge in [0.05, 0.1) is 17.4 Å². The molecular formula is C25H27ClFN3O3. The van der Waals surface area contributed by atoms with Crippen LogP contribution in [0.4, 0.5) is 4.39 Å². The monoisotopic (exact) mass is 471 g/mol. The van der Waals surface area contributed by atoms with E-state index in [4.69, 9.17) is 11.6 Å². The van der Waals surface area contributed by atoms with Crippen LogP contribution in [0.25, 0.3) is 10.9 Å². The van der Waals surface area contributed by atoms with Crippen molar-refractivity contribution in [2.75, 3.05) is 0 Å². The normalized spacial score (nSPS) is 14.1. The highest BCUT2D eigenvalue weighted by Crippen LogP contribution is 2.21.